The van der Waals surface area contributed by atoms with Crippen LogP contribution in [-0.2, 0) is 19.5 Å². The summed E-state index contributed by atoms with van der Waals surface area (Å²) in [4.78, 5) is 11.7. The zero-order valence-electron chi connectivity index (χ0n) is 20.5. The third kappa shape index (κ3) is 4.03. The predicted molar refractivity (Wildman–Crippen MR) is 139 cm³/mol. The number of aliphatic hydroxyl groups is 1. The number of nitrogens with one attached hydrogen (secondary N) is 1. The molecule has 35 heavy (non-hydrogen) atoms. The standard InChI is InChI=1S/C30H36N4O/c35-28(30-13-21-9-22(14-30)11-23(10-21)15-30)16-31-29-26-7-8-34(18-27(26)32-19-33-29)17-20-5-6-24-3-1-2-4-25(24)12-20/h1-6,12,19,21-23,28,35H,7-11,13-18H2,(H,31,32,33). The van der Waals surface area contributed by atoms with E-state index in [0.717, 1.165) is 55.3 Å². The molecule has 3 aromatic rings. The fraction of sp³-hybridized carbons (Fsp3) is 0.533. The number of aliphatic hydroxyl groups excluding tert-OH is 1. The van der Waals surface area contributed by atoms with E-state index < -0.39 is 0 Å². The molecule has 1 aliphatic heterocycles. The van der Waals surface area contributed by atoms with E-state index in [4.69, 9.17) is 0 Å². The van der Waals surface area contributed by atoms with Crippen molar-refractivity contribution in [3.63, 3.8) is 0 Å². The van der Waals surface area contributed by atoms with Crippen LogP contribution in [0.4, 0.5) is 5.82 Å². The van der Waals surface area contributed by atoms with Crippen molar-refractivity contribution in [1.82, 2.24) is 14.9 Å². The van der Waals surface area contributed by atoms with Crippen molar-refractivity contribution in [1.29, 1.82) is 0 Å². The molecule has 8 rings (SSSR count). The number of anilines is 1. The molecule has 4 fully saturated rings. The number of hydrogen-bond acceptors (Lipinski definition) is 5. The van der Waals surface area contributed by atoms with Gasteiger partial charge in [0.15, 0.2) is 0 Å². The fourth-order valence-corrected chi connectivity index (χ4v) is 8.29. The largest absolute Gasteiger partial charge is 0.391 e. The number of fused-ring (bicyclic) bond motifs is 2. The predicted octanol–water partition coefficient (Wildman–Crippen LogP) is 5.18. The maximum absolute atomic E-state index is 11.3. The SMILES string of the molecule is OC(CNc1ncnc2c1CCN(Cc1ccc3ccccc3c1)C2)C12CC3CC(CC(C3)C1)C2. The molecule has 5 nitrogen and oxygen atoms in total. The Balaban J connectivity index is 1.02. The Labute approximate surface area is 208 Å². The van der Waals surface area contributed by atoms with Crippen molar-refractivity contribution in [3.05, 3.63) is 65.6 Å². The molecule has 4 bridgehead atoms. The van der Waals surface area contributed by atoms with E-state index in [9.17, 15) is 5.11 Å². The van der Waals surface area contributed by atoms with Crippen LogP contribution in [0.1, 0.15) is 55.3 Å². The minimum Gasteiger partial charge on any atom is -0.391 e. The molecular weight excluding hydrogens is 432 g/mol. The summed E-state index contributed by atoms with van der Waals surface area (Å²) >= 11 is 0. The first-order chi connectivity index (χ1) is 17.1. The minimum absolute atomic E-state index is 0.144. The Bertz CT molecular complexity index is 1200. The quantitative estimate of drug-likeness (QED) is 0.522. The summed E-state index contributed by atoms with van der Waals surface area (Å²) in [6.45, 7) is 3.38. The van der Waals surface area contributed by atoms with E-state index in [2.05, 4.69) is 62.6 Å². The molecule has 0 amide bonds. The van der Waals surface area contributed by atoms with Crippen LogP contribution in [0.3, 0.4) is 0 Å². The van der Waals surface area contributed by atoms with Crippen LogP contribution in [-0.4, -0.2) is 39.2 Å². The first kappa shape index (κ1) is 21.8. The van der Waals surface area contributed by atoms with Crippen LogP contribution in [0.25, 0.3) is 10.8 Å². The molecule has 2 heterocycles. The Morgan fingerprint density at radius 3 is 2.49 bits per heavy atom. The molecule has 2 aromatic carbocycles. The zero-order valence-corrected chi connectivity index (χ0v) is 20.5. The van der Waals surface area contributed by atoms with E-state index in [-0.39, 0.29) is 11.5 Å². The van der Waals surface area contributed by atoms with E-state index >= 15 is 0 Å². The smallest absolute Gasteiger partial charge is 0.133 e. The molecular formula is C30H36N4O. The monoisotopic (exact) mass is 468 g/mol. The zero-order chi connectivity index (χ0) is 23.4. The van der Waals surface area contributed by atoms with Crippen LogP contribution in [0, 0.1) is 23.2 Å². The summed E-state index contributed by atoms with van der Waals surface area (Å²) in [6.07, 6.45) is 10.3. The third-order valence-electron chi connectivity index (χ3n) is 9.56. The van der Waals surface area contributed by atoms with Gasteiger partial charge in [-0.3, -0.25) is 4.90 Å². The van der Waals surface area contributed by atoms with E-state index in [1.165, 1.54) is 60.4 Å². The van der Waals surface area contributed by atoms with Gasteiger partial charge in [-0.1, -0.05) is 36.4 Å². The van der Waals surface area contributed by atoms with Gasteiger partial charge in [0.1, 0.15) is 12.1 Å². The van der Waals surface area contributed by atoms with Crippen LogP contribution >= 0.6 is 0 Å². The van der Waals surface area contributed by atoms with Crippen LogP contribution in [0.5, 0.6) is 0 Å². The lowest BCUT2D eigenvalue weighted by atomic mass is 9.48. The topological polar surface area (TPSA) is 61.3 Å². The van der Waals surface area contributed by atoms with Crippen LogP contribution in [0.15, 0.2) is 48.8 Å². The Morgan fingerprint density at radius 2 is 1.71 bits per heavy atom. The molecule has 5 aliphatic rings. The molecule has 0 spiro atoms. The van der Waals surface area contributed by atoms with Gasteiger partial charge < -0.3 is 10.4 Å². The molecule has 5 heteroatoms. The van der Waals surface area contributed by atoms with Gasteiger partial charge in [0.25, 0.3) is 0 Å². The number of aromatic nitrogens is 2. The van der Waals surface area contributed by atoms with Gasteiger partial charge in [-0.15, -0.1) is 0 Å². The Hall–Kier alpha value is -2.50. The first-order valence-electron chi connectivity index (χ1n) is 13.6. The van der Waals surface area contributed by atoms with Gasteiger partial charge in [-0.05, 0) is 90.5 Å². The molecule has 1 aromatic heterocycles. The average molecular weight is 469 g/mol. The van der Waals surface area contributed by atoms with Crippen molar-refractivity contribution in [2.45, 2.75) is 64.1 Å². The van der Waals surface area contributed by atoms with Crippen LogP contribution in [0.2, 0.25) is 0 Å². The lowest BCUT2D eigenvalue weighted by Gasteiger charge is -2.58. The van der Waals surface area contributed by atoms with Gasteiger partial charge in [0.05, 0.1) is 11.8 Å². The Kier molecular flexibility index (Phi) is 5.32. The maximum Gasteiger partial charge on any atom is 0.133 e. The van der Waals surface area contributed by atoms with Gasteiger partial charge in [-0.2, -0.15) is 0 Å². The average Bonchev–Trinajstić information content (AvgIpc) is 2.86. The van der Waals surface area contributed by atoms with Gasteiger partial charge in [0, 0.05) is 31.7 Å². The van der Waals surface area contributed by atoms with Crippen molar-refractivity contribution in [3.8, 4) is 0 Å². The molecule has 2 N–H and O–H groups in total. The third-order valence-corrected chi connectivity index (χ3v) is 9.56. The molecule has 0 radical (unpaired) electrons. The highest BCUT2D eigenvalue weighted by molar-refractivity contribution is 5.82. The molecule has 182 valence electrons. The summed E-state index contributed by atoms with van der Waals surface area (Å²) in [5.41, 5.74) is 3.85. The summed E-state index contributed by atoms with van der Waals surface area (Å²) in [5.74, 6) is 3.51. The molecule has 1 unspecified atom stereocenters. The lowest BCUT2D eigenvalue weighted by Crippen LogP contribution is -2.53. The van der Waals surface area contributed by atoms with Crippen molar-refractivity contribution in [2.75, 3.05) is 18.4 Å². The van der Waals surface area contributed by atoms with E-state index in [1.54, 1.807) is 6.33 Å². The van der Waals surface area contributed by atoms with E-state index in [0.29, 0.717) is 6.54 Å². The second-order valence-electron chi connectivity index (χ2n) is 12.0. The summed E-state index contributed by atoms with van der Waals surface area (Å²) < 4.78 is 0. The lowest BCUT2D eigenvalue weighted by molar-refractivity contribution is -0.115. The fourth-order valence-electron chi connectivity index (χ4n) is 8.29. The summed E-state index contributed by atoms with van der Waals surface area (Å²) in [6, 6.07) is 15.3. The van der Waals surface area contributed by atoms with E-state index in [1.807, 2.05) is 0 Å². The molecule has 4 saturated carbocycles. The number of rotatable bonds is 6. The summed E-state index contributed by atoms with van der Waals surface area (Å²) in [7, 11) is 0. The van der Waals surface area contributed by atoms with Crippen molar-refractivity contribution >= 4 is 16.6 Å². The van der Waals surface area contributed by atoms with Gasteiger partial charge in [0.2, 0.25) is 0 Å². The molecule has 4 aliphatic carbocycles. The van der Waals surface area contributed by atoms with Crippen molar-refractivity contribution < 1.29 is 5.11 Å². The molecule has 0 saturated heterocycles. The van der Waals surface area contributed by atoms with Crippen molar-refractivity contribution in [2.24, 2.45) is 23.2 Å². The van der Waals surface area contributed by atoms with Gasteiger partial charge in [-0.25, -0.2) is 9.97 Å². The maximum atomic E-state index is 11.3. The van der Waals surface area contributed by atoms with Gasteiger partial charge >= 0.3 is 0 Å². The number of hydrogen-bond donors (Lipinski definition) is 2. The highest BCUT2D eigenvalue weighted by Crippen LogP contribution is 2.61. The minimum atomic E-state index is -0.283. The normalized spacial score (nSPS) is 30.4. The van der Waals surface area contributed by atoms with Crippen LogP contribution < -0.4 is 5.32 Å². The second-order valence-corrected chi connectivity index (χ2v) is 12.0. The second kappa shape index (κ2) is 8.56. The Morgan fingerprint density at radius 1 is 0.971 bits per heavy atom. The highest BCUT2D eigenvalue weighted by Gasteiger charge is 2.53. The number of benzene rings is 2. The first-order valence-corrected chi connectivity index (χ1v) is 13.6. The number of nitrogens with zero attached hydrogens (tertiary/aromatic N) is 3. The molecule has 1 atom stereocenters. The summed E-state index contributed by atoms with van der Waals surface area (Å²) in [5, 5.41) is 17.5. The highest BCUT2D eigenvalue weighted by atomic mass is 16.3.